The normalized spacial score (nSPS) is 27.4. The van der Waals surface area contributed by atoms with Crippen LogP contribution in [0.5, 0.6) is 0 Å². The molecule has 210 valence electrons. The van der Waals surface area contributed by atoms with Crippen molar-refractivity contribution in [2.24, 2.45) is 0 Å². The highest BCUT2D eigenvalue weighted by molar-refractivity contribution is 5.67. The predicted octanol–water partition coefficient (Wildman–Crippen LogP) is 2.70. The first-order valence-electron chi connectivity index (χ1n) is 12.6. The summed E-state index contributed by atoms with van der Waals surface area (Å²) < 4.78 is 39.2. The van der Waals surface area contributed by atoms with Crippen molar-refractivity contribution in [3.05, 3.63) is 58.7 Å². The molecule has 0 fully saturated rings. The number of hydrogen-bond acceptors (Lipinski definition) is 11. The lowest BCUT2D eigenvalue weighted by Crippen LogP contribution is -2.39. The zero-order chi connectivity index (χ0) is 28.1. The van der Waals surface area contributed by atoms with Gasteiger partial charge in [-0.25, -0.2) is 0 Å². The molecule has 0 spiro atoms. The van der Waals surface area contributed by atoms with Crippen molar-refractivity contribution in [2.45, 2.75) is 77.5 Å². The van der Waals surface area contributed by atoms with Gasteiger partial charge in [-0.1, -0.05) is 24.3 Å². The maximum absolute atomic E-state index is 11.6. The number of rotatable bonds is 8. The monoisotopic (exact) mass is 544 g/mol. The third-order valence-electron chi connectivity index (χ3n) is 6.44. The molecule has 0 unspecified atom stereocenters. The Hall–Kier alpha value is -3.54. The molecule has 0 bridgehead atoms. The molecule has 1 aromatic carbocycles. The highest BCUT2D eigenvalue weighted by atomic mass is 16.6. The molecule has 11 nitrogen and oxygen atoms in total. The SMILES string of the molecule is CC(=O)OC[C@H]1O[C@H](c2ccc([C@@H]3C=C[C@H](OC(C)=O)[C@@H](COC(C)=O)O3)c3c2COC3)C=C[C@@H]1OC(C)=O. The molecule has 0 aliphatic carbocycles. The molecule has 0 radical (unpaired) electrons. The third-order valence-corrected chi connectivity index (χ3v) is 6.44. The van der Waals surface area contributed by atoms with E-state index in [0.29, 0.717) is 13.2 Å². The molecule has 3 aliphatic heterocycles. The van der Waals surface area contributed by atoms with Crippen molar-refractivity contribution in [3.63, 3.8) is 0 Å². The van der Waals surface area contributed by atoms with Crippen LogP contribution in [0.25, 0.3) is 0 Å². The largest absolute Gasteiger partial charge is 0.463 e. The van der Waals surface area contributed by atoms with Gasteiger partial charge in [-0.3, -0.25) is 19.2 Å². The van der Waals surface area contributed by atoms with Crippen molar-refractivity contribution >= 4 is 23.9 Å². The van der Waals surface area contributed by atoms with Crippen LogP contribution in [0.3, 0.4) is 0 Å². The summed E-state index contributed by atoms with van der Waals surface area (Å²) in [6, 6.07) is 3.84. The lowest BCUT2D eigenvalue weighted by atomic mass is 9.90. The molecule has 0 saturated heterocycles. The highest BCUT2D eigenvalue weighted by Crippen LogP contribution is 2.39. The maximum Gasteiger partial charge on any atom is 0.303 e. The van der Waals surface area contributed by atoms with Gasteiger partial charge in [-0.2, -0.15) is 0 Å². The van der Waals surface area contributed by atoms with Gasteiger partial charge in [0.05, 0.1) is 13.2 Å². The van der Waals surface area contributed by atoms with Crippen LogP contribution in [0.15, 0.2) is 36.4 Å². The topological polar surface area (TPSA) is 133 Å². The molecular formula is C28H32O11. The van der Waals surface area contributed by atoms with Gasteiger partial charge < -0.3 is 33.2 Å². The van der Waals surface area contributed by atoms with E-state index in [9.17, 15) is 19.2 Å². The Morgan fingerprint density at radius 2 is 1.08 bits per heavy atom. The van der Waals surface area contributed by atoms with Crippen LogP contribution in [0.1, 0.15) is 62.2 Å². The number of esters is 4. The number of carbonyl (C=O) groups is 4. The van der Waals surface area contributed by atoms with E-state index in [4.69, 9.17) is 33.2 Å². The molecule has 4 rings (SSSR count). The zero-order valence-corrected chi connectivity index (χ0v) is 22.2. The Bertz CT molecular complexity index is 1080. The quantitative estimate of drug-likeness (QED) is 0.272. The van der Waals surface area contributed by atoms with E-state index in [2.05, 4.69) is 0 Å². The fourth-order valence-electron chi connectivity index (χ4n) is 4.78. The molecule has 3 heterocycles. The van der Waals surface area contributed by atoms with Crippen molar-refractivity contribution in [1.29, 1.82) is 0 Å². The van der Waals surface area contributed by atoms with E-state index < -0.39 is 60.5 Å². The summed E-state index contributed by atoms with van der Waals surface area (Å²) in [5.41, 5.74) is 3.61. The summed E-state index contributed by atoms with van der Waals surface area (Å²) in [7, 11) is 0. The molecule has 1 aromatic rings. The Labute approximate surface area is 226 Å². The van der Waals surface area contributed by atoms with Gasteiger partial charge in [0.25, 0.3) is 0 Å². The lowest BCUT2D eigenvalue weighted by Gasteiger charge is -2.34. The Morgan fingerprint density at radius 3 is 1.44 bits per heavy atom. The van der Waals surface area contributed by atoms with Gasteiger partial charge in [-0.05, 0) is 34.4 Å². The summed E-state index contributed by atoms with van der Waals surface area (Å²) in [5.74, 6) is -1.87. The Morgan fingerprint density at radius 1 is 0.667 bits per heavy atom. The van der Waals surface area contributed by atoms with Crippen molar-refractivity contribution in [1.82, 2.24) is 0 Å². The lowest BCUT2D eigenvalue weighted by molar-refractivity contribution is -0.165. The van der Waals surface area contributed by atoms with Gasteiger partial charge in [0.1, 0.15) is 49.8 Å². The standard InChI is InChI=1S/C28H32O11/c1-15(29)34-13-27-25(36-17(3)31)9-7-23(38-27)19-5-6-20(22-12-33-11-21(19)22)24-8-10-26(37-18(4)32)28(39-24)14-35-16(2)30/h5-10,23-28H,11-14H2,1-4H3/t23-,24-,25-,26-,27+,28+/m0/s1. The van der Waals surface area contributed by atoms with Crippen LogP contribution in [0.4, 0.5) is 0 Å². The number of carbonyl (C=O) groups excluding carboxylic acids is 4. The number of fused-ring (bicyclic) bond motifs is 1. The van der Waals surface area contributed by atoms with Crippen molar-refractivity contribution < 1.29 is 52.3 Å². The average molecular weight is 545 g/mol. The van der Waals surface area contributed by atoms with Gasteiger partial charge in [-0.15, -0.1) is 0 Å². The van der Waals surface area contributed by atoms with Gasteiger partial charge in [0.15, 0.2) is 0 Å². The first-order valence-corrected chi connectivity index (χ1v) is 12.6. The van der Waals surface area contributed by atoms with Crippen molar-refractivity contribution in [2.75, 3.05) is 13.2 Å². The third kappa shape index (κ3) is 7.11. The van der Waals surface area contributed by atoms with Crippen LogP contribution in [0.2, 0.25) is 0 Å². The van der Waals surface area contributed by atoms with E-state index in [0.717, 1.165) is 22.3 Å². The minimum Gasteiger partial charge on any atom is -0.463 e. The molecule has 39 heavy (non-hydrogen) atoms. The average Bonchev–Trinajstić information content (AvgIpc) is 3.36. The van der Waals surface area contributed by atoms with Crippen LogP contribution in [-0.2, 0) is 65.5 Å². The molecule has 0 saturated carbocycles. The van der Waals surface area contributed by atoms with Crippen molar-refractivity contribution in [3.8, 4) is 0 Å². The second kappa shape index (κ2) is 12.5. The number of ether oxygens (including phenoxy) is 7. The summed E-state index contributed by atoms with van der Waals surface area (Å²) in [4.78, 5) is 45.9. The molecule has 11 heteroatoms. The fourth-order valence-corrected chi connectivity index (χ4v) is 4.78. The minimum absolute atomic E-state index is 0.0706. The van der Waals surface area contributed by atoms with E-state index in [1.54, 1.807) is 24.3 Å². The molecule has 0 aromatic heterocycles. The number of hydrogen-bond donors (Lipinski definition) is 0. The second-order valence-electron chi connectivity index (χ2n) is 9.41. The van der Waals surface area contributed by atoms with E-state index in [1.807, 2.05) is 12.1 Å². The fraction of sp³-hybridized carbons (Fsp3) is 0.500. The van der Waals surface area contributed by atoms with Crippen LogP contribution in [0, 0.1) is 0 Å². The van der Waals surface area contributed by atoms with E-state index in [-0.39, 0.29) is 13.2 Å². The van der Waals surface area contributed by atoms with Crippen LogP contribution >= 0.6 is 0 Å². The molecule has 3 aliphatic rings. The Kier molecular flexibility index (Phi) is 9.16. The molecule has 0 N–H and O–H groups in total. The smallest absolute Gasteiger partial charge is 0.303 e. The molecular weight excluding hydrogens is 512 g/mol. The maximum atomic E-state index is 11.6. The molecule has 0 amide bonds. The summed E-state index contributed by atoms with van der Waals surface area (Å²) in [6.07, 6.45) is 3.35. The predicted molar refractivity (Wildman–Crippen MR) is 133 cm³/mol. The Balaban J connectivity index is 1.59. The summed E-state index contributed by atoms with van der Waals surface area (Å²) in [5, 5.41) is 0. The van der Waals surface area contributed by atoms with E-state index in [1.165, 1.54) is 27.7 Å². The first-order chi connectivity index (χ1) is 18.6. The van der Waals surface area contributed by atoms with Gasteiger partial charge in [0, 0.05) is 27.7 Å². The zero-order valence-electron chi connectivity index (χ0n) is 22.2. The van der Waals surface area contributed by atoms with E-state index >= 15 is 0 Å². The second-order valence-corrected chi connectivity index (χ2v) is 9.41. The number of benzene rings is 1. The first kappa shape index (κ1) is 28.5. The molecule has 6 atom stereocenters. The minimum atomic E-state index is -0.693. The highest BCUT2D eigenvalue weighted by Gasteiger charge is 2.36. The van der Waals surface area contributed by atoms with Gasteiger partial charge in [0.2, 0.25) is 0 Å². The summed E-state index contributed by atoms with van der Waals surface area (Å²) >= 11 is 0. The summed E-state index contributed by atoms with van der Waals surface area (Å²) in [6.45, 7) is 5.78. The van der Waals surface area contributed by atoms with Crippen LogP contribution < -0.4 is 0 Å². The van der Waals surface area contributed by atoms with Crippen LogP contribution in [-0.4, -0.2) is 61.5 Å². The van der Waals surface area contributed by atoms with Gasteiger partial charge >= 0.3 is 23.9 Å².